The summed E-state index contributed by atoms with van der Waals surface area (Å²) in [4.78, 5) is 11.4. The Bertz CT molecular complexity index is 925. The van der Waals surface area contributed by atoms with E-state index in [-0.39, 0.29) is 12.6 Å². The highest BCUT2D eigenvalue weighted by Gasteiger charge is 2.20. The normalized spacial score (nSPS) is 12.4. The summed E-state index contributed by atoms with van der Waals surface area (Å²) in [6, 6.07) is 15.5. The molecular formula is C18H15N3O3S. The summed E-state index contributed by atoms with van der Waals surface area (Å²) in [5.41, 5.74) is 1.81. The van der Waals surface area contributed by atoms with Crippen LogP contribution >= 0.6 is 11.8 Å². The number of para-hydroxylation sites is 1. The van der Waals surface area contributed by atoms with E-state index < -0.39 is 0 Å². The smallest absolute Gasteiger partial charge is 0.231 e. The number of carbonyl (C=O) groups is 1. The number of fused-ring (bicyclic) bond motifs is 1. The first-order valence-electron chi connectivity index (χ1n) is 7.75. The van der Waals surface area contributed by atoms with Gasteiger partial charge in [-0.1, -0.05) is 30.0 Å². The number of nitrogens with zero attached hydrogens (tertiary/aromatic N) is 3. The second-order valence-corrected chi connectivity index (χ2v) is 6.48. The molecule has 0 bridgehead atoms. The number of aromatic nitrogens is 3. The number of rotatable bonds is 5. The van der Waals surface area contributed by atoms with E-state index in [0.29, 0.717) is 22.5 Å². The van der Waals surface area contributed by atoms with Gasteiger partial charge in [0.05, 0.1) is 5.75 Å². The molecule has 3 aromatic rings. The van der Waals surface area contributed by atoms with Crippen molar-refractivity contribution in [2.24, 2.45) is 0 Å². The van der Waals surface area contributed by atoms with Gasteiger partial charge >= 0.3 is 0 Å². The Morgan fingerprint density at radius 3 is 2.72 bits per heavy atom. The monoisotopic (exact) mass is 353 g/mol. The zero-order valence-electron chi connectivity index (χ0n) is 13.5. The molecule has 0 aliphatic carbocycles. The summed E-state index contributed by atoms with van der Waals surface area (Å²) in [5.74, 6) is 2.55. The number of Topliss-reactive ketones (excluding diaryl/α,β-unsaturated/α-hetero) is 1. The van der Waals surface area contributed by atoms with Crippen LogP contribution in [0, 0.1) is 0 Å². The minimum atomic E-state index is 0.0947. The maximum absolute atomic E-state index is 11.4. The highest BCUT2D eigenvalue weighted by molar-refractivity contribution is 7.99. The third-order valence-electron chi connectivity index (χ3n) is 3.68. The second-order valence-electron chi connectivity index (χ2n) is 5.54. The minimum Gasteiger partial charge on any atom is -0.454 e. The van der Waals surface area contributed by atoms with E-state index in [2.05, 4.69) is 10.2 Å². The Kier molecular flexibility index (Phi) is 4.15. The van der Waals surface area contributed by atoms with Crippen LogP contribution in [0.5, 0.6) is 11.5 Å². The lowest BCUT2D eigenvalue weighted by Gasteiger charge is -2.10. The molecule has 0 amide bonds. The Labute approximate surface area is 148 Å². The number of carbonyl (C=O) groups excluding carboxylic acids is 1. The molecule has 25 heavy (non-hydrogen) atoms. The maximum Gasteiger partial charge on any atom is 0.231 e. The highest BCUT2D eigenvalue weighted by atomic mass is 32.2. The molecule has 126 valence electrons. The SMILES string of the molecule is CC(=O)CSc1nnc(-c2ccc3c(c2)OCO3)n1-c1ccccc1. The first kappa shape index (κ1) is 15.7. The van der Waals surface area contributed by atoms with Crippen molar-refractivity contribution in [3.05, 3.63) is 48.5 Å². The van der Waals surface area contributed by atoms with Gasteiger partial charge in [-0.15, -0.1) is 10.2 Å². The zero-order chi connectivity index (χ0) is 17.2. The molecule has 0 N–H and O–H groups in total. The highest BCUT2D eigenvalue weighted by Crippen LogP contribution is 2.36. The van der Waals surface area contributed by atoms with E-state index in [4.69, 9.17) is 9.47 Å². The second kappa shape index (κ2) is 6.60. The summed E-state index contributed by atoms with van der Waals surface area (Å²) in [6.07, 6.45) is 0. The van der Waals surface area contributed by atoms with Crippen molar-refractivity contribution in [1.29, 1.82) is 0 Å². The first-order valence-corrected chi connectivity index (χ1v) is 8.74. The fourth-order valence-corrected chi connectivity index (χ4v) is 3.31. The lowest BCUT2D eigenvalue weighted by atomic mass is 10.2. The molecule has 0 unspecified atom stereocenters. The van der Waals surface area contributed by atoms with Gasteiger partial charge < -0.3 is 9.47 Å². The van der Waals surface area contributed by atoms with E-state index in [1.54, 1.807) is 6.92 Å². The van der Waals surface area contributed by atoms with Gasteiger partial charge in [0.25, 0.3) is 0 Å². The topological polar surface area (TPSA) is 66.2 Å². The average Bonchev–Trinajstić information content (AvgIpc) is 3.26. The quantitative estimate of drug-likeness (QED) is 0.656. The van der Waals surface area contributed by atoms with E-state index in [0.717, 1.165) is 17.0 Å². The van der Waals surface area contributed by atoms with Crippen LogP contribution in [-0.2, 0) is 4.79 Å². The van der Waals surface area contributed by atoms with Crippen molar-refractivity contribution >= 4 is 17.5 Å². The van der Waals surface area contributed by atoms with Gasteiger partial charge in [0.1, 0.15) is 5.78 Å². The van der Waals surface area contributed by atoms with Gasteiger partial charge in [-0.05, 0) is 37.3 Å². The lowest BCUT2D eigenvalue weighted by molar-refractivity contribution is -0.114. The van der Waals surface area contributed by atoms with Crippen LogP contribution in [0.25, 0.3) is 17.1 Å². The molecular weight excluding hydrogens is 338 g/mol. The van der Waals surface area contributed by atoms with Crippen molar-refractivity contribution < 1.29 is 14.3 Å². The summed E-state index contributed by atoms with van der Waals surface area (Å²) in [6.45, 7) is 1.79. The molecule has 7 heteroatoms. The standard InChI is InChI=1S/C18H15N3O3S/c1-12(22)10-25-18-20-19-17(21(18)14-5-3-2-4-6-14)13-7-8-15-16(9-13)24-11-23-15/h2-9H,10-11H2,1H3. The molecule has 2 aromatic carbocycles. The van der Waals surface area contributed by atoms with Crippen molar-refractivity contribution in [1.82, 2.24) is 14.8 Å². The van der Waals surface area contributed by atoms with Crippen molar-refractivity contribution in [3.8, 4) is 28.6 Å². The predicted molar refractivity (Wildman–Crippen MR) is 94.3 cm³/mol. The molecule has 2 heterocycles. The maximum atomic E-state index is 11.4. The molecule has 6 nitrogen and oxygen atoms in total. The van der Waals surface area contributed by atoms with Gasteiger partial charge in [0.15, 0.2) is 22.5 Å². The van der Waals surface area contributed by atoms with Crippen molar-refractivity contribution in [3.63, 3.8) is 0 Å². The number of hydrogen-bond donors (Lipinski definition) is 0. The van der Waals surface area contributed by atoms with Crippen LogP contribution in [0.3, 0.4) is 0 Å². The molecule has 0 saturated heterocycles. The molecule has 0 saturated carbocycles. The summed E-state index contributed by atoms with van der Waals surface area (Å²) in [7, 11) is 0. The lowest BCUT2D eigenvalue weighted by Crippen LogP contribution is -2.01. The van der Waals surface area contributed by atoms with E-state index in [1.807, 2.05) is 53.1 Å². The summed E-state index contributed by atoms with van der Waals surface area (Å²) < 4.78 is 12.8. The van der Waals surface area contributed by atoms with Gasteiger partial charge in [-0.25, -0.2) is 0 Å². The minimum absolute atomic E-state index is 0.0947. The number of ketones is 1. The van der Waals surface area contributed by atoms with Gasteiger partial charge in [-0.2, -0.15) is 0 Å². The van der Waals surface area contributed by atoms with Crippen molar-refractivity contribution in [2.75, 3.05) is 12.5 Å². The Morgan fingerprint density at radius 1 is 1.12 bits per heavy atom. The summed E-state index contributed by atoms with van der Waals surface area (Å²) >= 11 is 1.37. The molecule has 0 atom stereocenters. The van der Waals surface area contributed by atoms with Crippen LogP contribution in [0.1, 0.15) is 6.92 Å². The number of benzene rings is 2. The average molecular weight is 353 g/mol. The third kappa shape index (κ3) is 3.10. The Balaban J connectivity index is 1.81. The molecule has 1 aliphatic rings. The van der Waals surface area contributed by atoms with Gasteiger partial charge in [0, 0.05) is 11.3 Å². The molecule has 1 aliphatic heterocycles. The molecule has 4 rings (SSSR count). The van der Waals surface area contributed by atoms with Gasteiger partial charge in [-0.3, -0.25) is 9.36 Å². The number of hydrogen-bond acceptors (Lipinski definition) is 6. The largest absolute Gasteiger partial charge is 0.454 e. The molecule has 0 spiro atoms. The Morgan fingerprint density at radius 2 is 1.92 bits per heavy atom. The molecule has 0 radical (unpaired) electrons. The van der Waals surface area contributed by atoms with Crippen LogP contribution in [0.4, 0.5) is 0 Å². The van der Waals surface area contributed by atoms with E-state index in [1.165, 1.54) is 11.8 Å². The fraction of sp³-hybridized carbons (Fsp3) is 0.167. The van der Waals surface area contributed by atoms with E-state index in [9.17, 15) is 4.79 Å². The van der Waals surface area contributed by atoms with Crippen LogP contribution in [-0.4, -0.2) is 33.1 Å². The number of thioether (sulfide) groups is 1. The van der Waals surface area contributed by atoms with Crippen LogP contribution < -0.4 is 9.47 Å². The first-order chi connectivity index (χ1) is 12.2. The van der Waals surface area contributed by atoms with Crippen molar-refractivity contribution in [2.45, 2.75) is 12.1 Å². The molecule has 1 aromatic heterocycles. The summed E-state index contributed by atoms with van der Waals surface area (Å²) in [5, 5.41) is 9.31. The third-order valence-corrected chi connectivity index (χ3v) is 4.76. The van der Waals surface area contributed by atoms with Gasteiger partial charge in [0.2, 0.25) is 6.79 Å². The van der Waals surface area contributed by atoms with E-state index >= 15 is 0 Å². The Hall–Kier alpha value is -2.80. The van der Waals surface area contributed by atoms with Crippen LogP contribution in [0.15, 0.2) is 53.7 Å². The fourth-order valence-electron chi connectivity index (χ4n) is 2.56. The zero-order valence-corrected chi connectivity index (χ0v) is 14.3. The predicted octanol–water partition coefficient (Wildman–Crippen LogP) is 3.34. The number of ether oxygens (including phenoxy) is 2. The molecule has 0 fully saturated rings. The van der Waals surface area contributed by atoms with Crippen LogP contribution in [0.2, 0.25) is 0 Å².